The van der Waals surface area contributed by atoms with E-state index in [0.717, 1.165) is 13.8 Å². The molecule has 0 radical (unpaired) electrons. The van der Waals surface area contributed by atoms with Gasteiger partial charge in [-0.05, 0) is 0 Å². The summed E-state index contributed by atoms with van der Waals surface area (Å²) in [6.45, 7) is -0.246. The summed E-state index contributed by atoms with van der Waals surface area (Å²) in [5, 5.41) is 0. The van der Waals surface area contributed by atoms with Crippen LogP contribution >= 0.6 is 0 Å². The molecule has 0 aliphatic rings. The van der Waals surface area contributed by atoms with E-state index in [9.17, 15) is 61.5 Å². The summed E-state index contributed by atoms with van der Waals surface area (Å²) in [5.74, 6) is -26.0. The van der Waals surface area contributed by atoms with Gasteiger partial charge in [0.05, 0.1) is 0 Å². The van der Waals surface area contributed by atoms with E-state index in [1.54, 1.807) is 0 Å². The first-order valence-corrected chi connectivity index (χ1v) is 13.8. The Labute approximate surface area is 159 Å². The summed E-state index contributed by atoms with van der Waals surface area (Å²) >= 11 is -6.86. The summed E-state index contributed by atoms with van der Waals surface area (Å²) < 4.78 is 184. The Morgan fingerprint density at radius 1 is 0.517 bits per heavy atom. The van der Waals surface area contributed by atoms with Crippen LogP contribution in [0.2, 0.25) is 8.87 Å². The van der Waals surface area contributed by atoms with E-state index in [4.69, 9.17) is 0 Å². The molecule has 0 aromatic carbocycles. The molecule has 0 N–H and O–H groups in total. The van der Waals surface area contributed by atoms with Crippen molar-refractivity contribution in [1.82, 2.24) is 0 Å². The van der Waals surface area contributed by atoms with E-state index in [1.165, 1.54) is 0 Å². The van der Waals surface area contributed by atoms with Crippen LogP contribution in [0.15, 0.2) is 0 Å². The molecule has 0 aromatic rings. The zero-order valence-corrected chi connectivity index (χ0v) is 17.3. The van der Waals surface area contributed by atoms with Gasteiger partial charge in [0.2, 0.25) is 0 Å². The van der Waals surface area contributed by atoms with Gasteiger partial charge in [-0.1, -0.05) is 0 Å². The Balaban J connectivity index is 6.31. The molecule has 0 saturated carbocycles. The van der Waals surface area contributed by atoms with Crippen LogP contribution < -0.4 is 0 Å². The van der Waals surface area contributed by atoms with Crippen molar-refractivity contribution in [3.05, 3.63) is 0 Å². The minimum atomic E-state index is -6.88. The van der Waals surface area contributed by atoms with Crippen LogP contribution in [0.1, 0.15) is 13.8 Å². The Morgan fingerprint density at radius 3 is 0.931 bits per heavy atom. The Morgan fingerprint density at radius 2 is 0.759 bits per heavy atom. The van der Waals surface area contributed by atoms with Crippen molar-refractivity contribution in [1.29, 1.82) is 0 Å². The van der Waals surface area contributed by atoms with Crippen molar-refractivity contribution in [2.24, 2.45) is 0 Å². The third-order valence-electron chi connectivity index (χ3n) is 3.43. The monoisotopic (exact) mass is 576 g/mol. The molecule has 0 unspecified atom stereocenters. The number of alkyl halides is 14. The van der Waals surface area contributed by atoms with Gasteiger partial charge in [-0.25, -0.2) is 0 Å². The van der Waals surface area contributed by atoms with Gasteiger partial charge in [-0.15, -0.1) is 0 Å². The molecule has 176 valence electrons. The van der Waals surface area contributed by atoms with Crippen molar-refractivity contribution < 1.29 is 67.6 Å². The first-order chi connectivity index (χ1) is 12.5. The Bertz CT molecular complexity index is 494. The standard InChI is InChI=1S/2C4H2F7.2C2H5O.Sn/c2*1-2(5,6)3(7,8)4(9,10)11;2*1-2-3;/h2*1H2;2*2H2,1H3;/q;;2*-1;+2. The molecule has 0 atom stereocenters. The van der Waals surface area contributed by atoms with Gasteiger partial charge in [0.15, 0.2) is 0 Å². The quantitative estimate of drug-likeness (QED) is 0.230. The second kappa shape index (κ2) is 8.70. The molecule has 0 spiro atoms. The molecular formula is C12H14F14O2Sn. The van der Waals surface area contributed by atoms with Crippen LogP contribution in [-0.4, -0.2) is 68.5 Å². The first kappa shape index (κ1) is 28.7. The van der Waals surface area contributed by atoms with Crippen molar-refractivity contribution >= 4 is 19.2 Å². The predicted molar refractivity (Wildman–Crippen MR) is 70.5 cm³/mol. The zero-order chi connectivity index (χ0) is 23.7. The number of hydrogen-bond donors (Lipinski definition) is 0. The van der Waals surface area contributed by atoms with Gasteiger partial charge in [-0.2, -0.15) is 0 Å². The third kappa shape index (κ3) is 5.91. The molecule has 29 heavy (non-hydrogen) atoms. The summed E-state index contributed by atoms with van der Waals surface area (Å²) in [6.07, 6.45) is -13.8. The maximum atomic E-state index is 13.7. The number of rotatable bonds is 10. The fourth-order valence-corrected chi connectivity index (χ4v) is 12.0. The first-order valence-electron chi connectivity index (χ1n) is 7.46. The average Bonchev–Trinajstić information content (AvgIpc) is 2.43. The van der Waals surface area contributed by atoms with E-state index in [-0.39, 0.29) is 0 Å². The minimum absolute atomic E-state index is 0.838. The van der Waals surface area contributed by atoms with Crippen LogP contribution in [0.5, 0.6) is 0 Å². The van der Waals surface area contributed by atoms with Crippen molar-refractivity contribution in [2.45, 2.75) is 58.8 Å². The van der Waals surface area contributed by atoms with E-state index in [1.807, 2.05) is 0 Å². The molecule has 0 aliphatic carbocycles. The second-order valence-electron chi connectivity index (χ2n) is 5.68. The Kier molecular flexibility index (Phi) is 8.62. The predicted octanol–water partition coefficient (Wildman–Crippen LogP) is 6.17. The molecular weight excluding hydrogens is 561 g/mol. The van der Waals surface area contributed by atoms with Crippen LogP contribution in [-0.2, 0) is 6.15 Å². The molecule has 0 amide bonds. The Hall–Kier alpha value is -0.261. The van der Waals surface area contributed by atoms with E-state index < -0.39 is 77.3 Å². The van der Waals surface area contributed by atoms with E-state index >= 15 is 0 Å². The molecule has 0 bridgehead atoms. The average molecular weight is 575 g/mol. The third-order valence-corrected chi connectivity index (χ3v) is 13.7. The van der Waals surface area contributed by atoms with Crippen molar-refractivity contribution in [2.75, 3.05) is 13.2 Å². The van der Waals surface area contributed by atoms with Crippen molar-refractivity contribution in [3.63, 3.8) is 0 Å². The van der Waals surface area contributed by atoms with Gasteiger partial charge in [0.25, 0.3) is 0 Å². The maximum absolute atomic E-state index is 13.7. The fourth-order valence-electron chi connectivity index (χ4n) is 2.15. The molecule has 0 heterocycles. The number of hydrogen-bond acceptors (Lipinski definition) is 2. The van der Waals surface area contributed by atoms with Gasteiger partial charge in [-0.3, -0.25) is 0 Å². The molecule has 17 heteroatoms. The SMILES string of the molecule is CC[O][Sn]([CH2]C(F)(F)C(F)(F)C(F)(F)F)([CH2]C(F)(F)C(F)(F)C(F)(F)F)[O]CC. The zero-order valence-electron chi connectivity index (χ0n) is 14.4. The second-order valence-corrected chi connectivity index (χ2v) is 14.5. The summed E-state index contributed by atoms with van der Waals surface area (Å²) in [4.78, 5) is 0. The number of halogens is 14. The normalized spacial score (nSPS) is 15.7. The molecule has 0 aliphatic heterocycles. The molecule has 0 rings (SSSR count). The van der Waals surface area contributed by atoms with Gasteiger partial charge < -0.3 is 0 Å². The van der Waals surface area contributed by atoms with Crippen molar-refractivity contribution in [3.8, 4) is 0 Å². The van der Waals surface area contributed by atoms with Gasteiger partial charge in [0, 0.05) is 0 Å². The van der Waals surface area contributed by atoms with Crippen LogP contribution in [0, 0.1) is 0 Å². The molecule has 2 nitrogen and oxygen atoms in total. The summed E-state index contributed by atoms with van der Waals surface area (Å²) in [5.41, 5.74) is 0. The van der Waals surface area contributed by atoms with Crippen LogP contribution in [0.4, 0.5) is 61.5 Å². The summed E-state index contributed by atoms with van der Waals surface area (Å²) in [6, 6.07) is 0. The van der Waals surface area contributed by atoms with Gasteiger partial charge in [0.1, 0.15) is 0 Å². The van der Waals surface area contributed by atoms with E-state index in [2.05, 4.69) is 6.15 Å². The van der Waals surface area contributed by atoms with E-state index in [0.29, 0.717) is 0 Å². The molecule has 0 saturated heterocycles. The topological polar surface area (TPSA) is 18.5 Å². The van der Waals surface area contributed by atoms with Crippen LogP contribution in [0.25, 0.3) is 0 Å². The molecule has 0 aromatic heterocycles. The summed E-state index contributed by atoms with van der Waals surface area (Å²) in [7, 11) is 0. The van der Waals surface area contributed by atoms with Crippen LogP contribution in [0.3, 0.4) is 0 Å². The van der Waals surface area contributed by atoms with Gasteiger partial charge >= 0.3 is 159 Å². The molecule has 0 fully saturated rings. The fraction of sp³-hybridized carbons (Fsp3) is 1.00.